The zero-order valence-electron chi connectivity index (χ0n) is 15.2. The van der Waals surface area contributed by atoms with Crippen LogP contribution in [0.4, 0.5) is 4.39 Å². The summed E-state index contributed by atoms with van der Waals surface area (Å²) < 4.78 is 42.9. The van der Waals surface area contributed by atoms with Crippen molar-refractivity contribution < 1.29 is 22.0 Å². The van der Waals surface area contributed by atoms with Crippen LogP contribution in [-0.4, -0.2) is 48.3 Å². The Bertz CT molecular complexity index is 910. The molecule has 1 aliphatic rings. The lowest BCUT2D eigenvalue weighted by Crippen LogP contribution is -2.41. The molecule has 0 radical (unpaired) electrons. The first-order valence-electron chi connectivity index (χ1n) is 9.09. The van der Waals surface area contributed by atoms with Crippen molar-refractivity contribution >= 4 is 15.7 Å². The second kappa shape index (κ2) is 8.21. The van der Waals surface area contributed by atoms with E-state index in [1.54, 1.807) is 23.1 Å². The summed E-state index contributed by atoms with van der Waals surface area (Å²) in [5.41, 5.74) is 0.325. The fourth-order valence-corrected chi connectivity index (χ4v) is 5.07. The summed E-state index contributed by atoms with van der Waals surface area (Å²) in [6, 6.07) is 6.01. The Morgan fingerprint density at radius 3 is 2.81 bits per heavy atom. The third-order valence-corrected chi connectivity index (χ3v) is 6.43. The highest BCUT2D eigenvalue weighted by Gasteiger charge is 2.34. The van der Waals surface area contributed by atoms with Gasteiger partial charge in [0.15, 0.2) is 21.5 Å². The lowest BCUT2D eigenvalue weighted by molar-refractivity contribution is -0.133. The Morgan fingerprint density at radius 1 is 1.37 bits per heavy atom. The molecule has 0 N–H and O–H groups in total. The molecule has 146 valence electrons. The molecule has 6 nitrogen and oxygen atoms in total. The number of oxazole rings is 1. The maximum Gasteiger partial charge on any atom is 0.223 e. The van der Waals surface area contributed by atoms with E-state index in [1.807, 2.05) is 6.92 Å². The number of sulfone groups is 1. The Kier molecular flexibility index (Phi) is 5.94. The summed E-state index contributed by atoms with van der Waals surface area (Å²) in [6.07, 6.45) is 3.16. The Morgan fingerprint density at radius 2 is 2.15 bits per heavy atom. The van der Waals surface area contributed by atoms with Crippen molar-refractivity contribution in [3.63, 3.8) is 0 Å². The van der Waals surface area contributed by atoms with Crippen molar-refractivity contribution in [2.45, 2.75) is 38.6 Å². The predicted octanol–water partition coefficient (Wildman–Crippen LogP) is 2.84. The summed E-state index contributed by atoms with van der Waals surface area (Å²) in [7, 11) is -3.05. The molecule has 1 aromatic carbocycles. The molecule has 3 rings (SSSR count). The molecule has 2 aromatic rings. The summed E-state index contributed by atoms with van der Waals surface area (Å²) in [5.74, 6) is 0.351. The monoisotopic (exact) mass is 394 g/mol. The highest BCUT2D eigenvalue weighted by Crippen LogP contribution is 2.24. The number of aryl methyl sites for hydroxylation is 1. The van der Waals surface area contributed by atoms with Gasteiger partial charge in [0.2, 0.25) is 5.91 Å². The van der Waals surface area contributed by atoms with Crippen LogP contribution in [0.5, 0.6) is 0 Å². The molecular weight excluding hydrogens is 371 g/mol. The topological polar surface area (TPSA) is 80.5 Å². The highest BCUT2D eigenvalue weighted by molar-refractivity contribution is 7.91. The van der Waals surface area contributed by atoms with Gasteiger partial charge in [-0.2, -0.15) is 0 Å². The smallest absolute Gasteiger partial charge is 0.223 e. The maximum atomic E-state index is 13.8. The molecule has 27 heavy (non-hydrogen) atoms. The molecule has 0 spiro atoms. The molecule has 1 aromatic heterocycles. The van der Waals surface area contributed by atoms with E-state index in [4.69, 9.17) is 4.42 Å². The summed E-state index contributed by atoms with van der Waals surface area (Å²) >= 11 is 0. The molecular formula is C19H23FN2O4S. The third-order valence-electron chi connectivity index (χ3n) is 4.68. The van der Waals surface area contributed by atoms with E-state index in [2.05, 4.69) is 4.98 Å². The zero-order chi connectivity index (χ0) is 19.4. The second-order valence-electron chi connectivity index (χ2n) is 6.74. The van der Waals surface area contributed by atoms with Crippen molar-refractivity contribution in [1.82, 2.24) is 9.88 Å². The lowest BCUT2D eigenvalue weighted by atomic mass is 10.1. The number of hydrogen-bond donors (Lipinski definition) is 0. The van der Waals surface area contributed by atoms with Gasteiger partial charge in [0.05, 0.1) is 23.3 Å². The van der Waals surface area contributed by atoms with Gasteiger partial charge in [-0.15, -0.1) is 0 Å². The first kappa shape index (κ1) is 19.5. The molecule has 1 saturated heterocycles. The number of amides is 1. The van der Waals surface area contributed by atoms with Crippen molar-refractivity contribution in [1.29, 1.82) is 0 Å². The van der Waals surface area contributed by atoms with Gasteiger partial charge in [-0.25, -0.2) is 17.8 Å². The quantitative estimate of drug-likeness (QED) is 0.721. The third kappa shape index (κ3) is 4.74. The molecule has 1 atom stereocenters. The minimum atomic E-state index is -3.05. The van der Waals surface area contributed by atoms with Crippen LogP contribution in [0.15, 0.2) is 34.9 Å². The van der Waals surface area contributed by atoms with E-state index < -0.39 is 15.7 Å². The number of hydrogen-bond acceptors (Lipinski definition) is 5. The maximum absolute atomic E-state index is 13.8. The normalized spacial score (nSPS) is 18.5. The van der Waals surface area contributed by atoms with Gasteiger partial charge in [0, 0.05) is 25.4 Å². The van der Waals surface area contributed by atoms with Gasteiger partial charge in [-0.1, -0.05) is 19.1 Å². The van der Waals surface area contributed by atoms with Gasteiger partial charge < -0.3 is 9.32 Å². The first-order valence-corrected chi connectivity index (χ1v) is 10.9. The van der Waals surface area contributed by atoms with Crippen LogP contribution in [0.2, 0.25) is 0 Å². The minimum absolute atomic E-state index is 0.0369. The van der Waals surface area contributed by atoms with E-state index in [-0.39, 0.29) is 36.3 Å². The van der Waals surface area contributed by atoms with E-state index in [1.165, 1.54) is 12.3 Å². The average molecular weight is 394 g/mol. The second-order valence-corrected chi connectivity index (χ2v) is 8.97. The Hall–Kier alpha value is -2.22. The van der Waals surface area contributed by atoms with E-state index in [0.717, 1.165) is 6.42 Å². The van der Waals surface area contributed by atoms with Crippen molar-refractivity contribution in [3.8, 4) is 11.3 Å². The Labute approximate surface area is 158 Å². The predicted molar refractivity (Wildman–Crippen MR) is 99.3 cm³/mol. The van der Waals surface area contributed by atoms with Gasteiger partial charge >= 0.3 is 0 Å². The Balaban J connectivity index is 1.63. The number of rotatable bonds is 7. The van der Waals surface area contributed by atoms with Crippen LogP contribution in [0, 0.1) is 5.82 Å². The molecule has 0 aliphatic carbocycles. The zero-order valence-corrected chi connectivity index (χ0v) is 16.0. The lowest BCUT2D eigenvalue weighted by Gasteiger charge is -2.27. The SMILES string of the molecule is CCCN(C(=O)CCc1ncc(-c2ccccc2F)o1)C1CCS(=O)(=O)C1. The largest absolute Gasteiger partial charge is 0.441 e. The number of benzene rings is 1. The molecule has 1 amide bonds. The number of aromatic nitrogens is 1. The number of carbonyl (C=O) groups excluding carboxylic acids is 1. The van der Waals surface area contributed by atoms with Crippen LogP contribution in [0.25, 0.3) is 11.3 Å². The van der Waals surface area contributed by atoms with E-state index >= 15 is 0 Å². The molecule has 0 bridgehead atoms. The van der Waals surface area contributed by atoms with Crippen molar-refractivity contribution in [2.24, 2.45) is 0 Å². The van der Waals surface area contributed by atoms with Gasteiger partial charge in [-0.05, 0) is 25.0 Å². The van der Waals surface area contributed by atoms with Crippen molar-refractivity contribution in [2.75, 3.05) is 18.1 Å². The molecule has 8 heteroatoms. The fourth-order valence-electron chi connectivity index (χ4n) is 3.34. The van der Waals surface area contributed by atoms with Crippen LogP contribution in [-0.2, 0) is 21.1 Å². The van der Waals surface area contributed by atoms with Crippen LogP contribution in [0.1, 0.15) is 32.1 Å². The highest BCUT2D eigenvalue weighted by atomic mass is 32.2. The minimum Gasteiger partial charge on any atom is -0.441 e. The van der Waals surface area contributed by atoms with Crippen molar-refractivity contribution in [3.05, 3.63) is 42.2 Å². The summed E-state index contributed by atoms with van der Waals surface area (Å²) in [5, 5.41) is 0. The van der Waals surface area contributed by atoms with Crippen LogP contribution in [0.3, 0.4) is 0 Å². The van der Waals surface area contributed by atoms with Gasteiger partial charge in [-0.3, -0.25) is 4.79 Å². The molecule has 1 fully saturated rings. The number of carbonyl (C=O) groups is 1. The number of halogens is 1. The summed E-state index contributed by atoms with van der Waals surface area (Å²) in [6.45, 7) is 2.49. The van der Waals surface area contributed by atoms with Crippen LogP contribution < -0.4 is 0 Å². The molecule has 1 unspecified atom stereocenters. The van der Waals surface area contributed by atoms with Crippen LogP contribution >= 0.6 is 0 Å². The molecule has 2 heterocycles. The molecule has 0 saturated carbocycles. The van der Waals surface area contributed by atoms with E-state index in [0.29, 0.717) is 30.2 Å². The fraction of sp³-hybridized carbons (Fsp3) is 0.474. The van der Waals surface area contributed by atoms with E-state index in [9.17, 15) is 17.6 Å². The molecule has 1 aliphatic heterocycles. The van der Waals surface area contributed by atoms with Gasteiger partial charge in [0.25, 0.3) is 0 Å². The first-order chi connectivity index (χ1) is 12.9. The number of nitrogens with zero attached hydrogens (tertiary/aromatic N) is 2. The average Bonchev–Trinajstić information content (AvgIpc) is 3.24. The standard InChI is InChI=1S/C19H23FN2O4S/c1-2-10-22(14-9-11-27(24,25)13-14)19(23)8-7-18-21-12-17(26-18)15-5-3-4-6-16(15)20/h3-6,12,14H,2,7-11,13H2,1H3. The van der Waals surface area contributed by atoms with Gasteiger partial charge in [0.1, 0.15) is 5.82 Å². The summed E-state index contributed by atoms with van der Waals surface area (Å²) in [4.78, 5) is 18.4.